The molecule has 0 saturated carbocycles. The average molecular weight is 286 g/mol. The van der Waals surface area contributed by atoms with Crippen molar-refractivity contribution in [2.75, 3.05) is 33.2 Å². The van der Waals surface area contributed by atoms with Gasteiger partial charge in [-0.3, -0.25) is 0 Å². The van der Waals surface area contributed by atoms with Crippen molar-refractivity contribution >= 4 is 5.69 Å². The van der Waals surface area contributed by atoms with E-state index in [1.807, 2.05) is 6.92 Å². The first-order valence-corrected chi connectivity index (χ1v) is 6.35. The Labute approximate surface area is 119 Å². The fraction of sp³-hybridized carbons (Fsp3) is 0.571. The van der Waals surface area contributed by atoms with Crippen molar-refractivity contribution in [3.8, 4) is 5.75 Å². The molecule has 0 bridgehead atoms. The fourth-order valence-electron chi connectivity index (χ4n) is 1.90. The number of halogens is 1. The van der Waals surface area contributed by atoms with Gasteiger partial charge in [0.05, 0.1) is 12.6 Å². The van der Waals surface area contributed by atoms with Crippen LogP contribution in [0.3, 0.4) is 0 Å². The molecule has 0 amide bonds. The number of nitrogens with two attached hydrogens (primary N) is 1. The molecule has 1 unspecified atom stereocenters. The van der Waals surface area contributed by atoms with Crippen LogP contribution in [0.4, 0.5) is 10.1 Å². The summed E-state index contributed by atoms with van der Waals surface area (Å²) < 4.78 is 28.7. The molecule has 0 aromatic heterocycles. The van der Waals surface area contributed by atoms with Gasteiger partial charge in [0.15, 0.2) is 17.9 Å². The van der Waals surface area contributed by atoms with E-state index >= 15 is 0 Å². The minimum absolute atomic E-state index is 0.185. The zero-order valence-corrected chi connectivity index (χ0v) is 12.4. The molecule has 0 radical (unpaired) electrons. The van der Waals surface area contributed by atoms with Crippen LogP contribution >= 0.6 is 0 Å². The zero-order valence-electron chi connectivity index (χ0n) is 12.4. The SMILES string of the molecule is COc1cc(NC(C)(CN)CC(OC)OC)ccc1F. The van der Waals surface area contributed by atoms with Crippen LogP contribution in [0.15, 0.2) is 18.2 Å². The van der Waals surface area contributed by atoms with Crippen molar-refractivity contribution in [2.45, 2.75) is 25.2 Å². The Bertz CT molecular complexity index is 427. The van der Waals surface area contributed by atoms with E-state index in [2.05, 4.69) is 5.32 Å². The number of methoxy groups -OCH3 is 3. The van der Waals surface area contributed by atoms with Gasteiger partial charge < -0.3 is 25.3 Å². The van der Waals surface area contributed by atoms with Crippen molar-refractivity contribution in [1.29, 1.82) is 0 Å². The predicted molar refractivity (Wildman–Crippen MR) is 76.5 cm³/mol. The molecule has 0 spiro atoms. The van der Waals surface area contributed by atoms with Gasteiger partial charge in [-0.15, -0.1) is 0 Å². The molecule has 0 fully saturated rings. The third kappa shape index (κ3) is 4.33. The first-order chi connectivity index (χ1) is 9.47. The van der Waals surface area contributed by atoms with Crippen LogP contribution < -0.4 is 15.8 Å². The lowest BCUT2D eigenvalue weighted by Gasteiger charge is -2.33. The minimum Gasteiger partial charge on any atom is -0.494 e. The summed E-state index contributed by atoms with van der Waals surface area (Å²) in [5, 5.41) is 3.27. The summed E-state index contributed by atoms with van der Waals surface area (Å²) in [7, 11) is 4.58. The second-order valence-electron chi connectivity index (χ2n) is 4.84. The maximum absolute atomic E-state index is 13.4. The molecular formula is C14H23FN2O3. The third-order valence-electron chi connectivity index (χ3n) is 3.19. The van der Waals surface area contributed by atoms with Gasteiger partial charge in [-0.1, -0.05) is 0 Å². The molecule has 0 aliphatic carbocycles. The van der Waals surface area contributed by atoms with Crippen molar-refractivity contribution in [1.82, 2.24) is 0 Å². The Morgan fingerprint density at radius 1 is 1.30 bits per heavy atom. The van der Waals surface area contributed by atoms with Crippen LogP contribution in [0.5, 0.6) is 5.75 Å². The maximum Gasteiger partial charge on any atom is 0.165 e. The number of hydrogen-bond acceptors (Lipinski definition) is 5. The molecule has 1 aromatic carbocycles. The number of nitrogens with one attached hydrogen (secondary N) is 1. The summed E-state index contributed by atoms with van der Waals surface area (Å²) in [6.07, 6.45) is 0.189. The maximum atomic E-state index is 13.4. The van der Waals surface area contributed by atoms with Crippen LogP contribution in [0.2, 0.25) is 0 Å². The highest BCUT2D eigenvalue weighted by Crippen LogP contribution is 2.26. The van der Waals surface area contributed by atoms with Crippen molar-refractivity contribution in [3.63, 3.8) is 0 Å². The predicted octanol–water partition coefficient (Wildman–Crippen LogP) is 1.97. The first kappa shape index (κ1) is 16.7. The van der Waals surface area contributed by atoms with Gasteiger partial charge >= 0.3 is 0 Å². The lowest BCUT2D eigenvalue weighted by molar-refractivity contribution is -0.113. The van der Waals surface area contributed by atoms with Gasteiger partial charge in [-0.25, -0.2) is 4.39 Å². The monoisotopic (exact) mass is 286 g/mol. The van der Waals surface area contributed by atoms with Crippen LogP contribution in [-0.2, 0) is 9.47 Å². The Morgan fingerprint density at radius 3 is 2.45 bits per heavy atom. The number of anilines is 1. The van der Waals surface area contributed by atoms with Gasteiger partial charge in [0.1, 0.15) is 0 Å². The van der Waals surface area contributed by atoms with E-state index in [1.54, 1.807) is 26.4 Å². The van der Waals surface area contributed by atoms with E-state index in [1.165, 1.54) is 13.2 Å². The molecule has 0 aliphatic rings. The summed E-state index contributed by atoms with van der Waals surface area (Å²) in [6, 6.07) is 4.58. The van der Waals surface area contributed by atoms with E-state index in [9.17, 15) is 4.39 Å². The van der Waals surface area contributed by atoms with E-state index in [0.717, 1.165) is 5.69 Å². The van der Waals surface area contributed by atoms with Crippen molar-refractivity contribution < 1.29 is 18.6 Å². The largest absolute Gasteiger partial charge is 0.494 e. The highest BCUT2D eigenvalue weighted by atomic mass is 19.1. The Balaban J connectivity index is 2.86. The lowest BCUT2D eigenvalue weighted by Crippen LogP contribution is -2.45. The molecule has 6 heteroatoms. The third-order valence-corrected chi connectivity index (χ3v) is 3.19. The average Bonchev–Trinajstić information content (AvgIpc) is 2.46. The quantitative estimate of drug-likeness (QED) is 0.715. The molecule has 114 valence electrons. The molecule has 0 saturated heterocycles. The molecular weight excluding hydrogens is 263 g/mol. The van der Waals surface area contributed by atoms with Gasteiger partial charge in [-0.2, -0.15) is 0 Å². The van der Waals surface area contributed by atoms with Crippen LogP contribution in [0.1, 0.15) is 13.3 Å². The standard InChI is InChI=1S/C14H23FN2O3/c1-14(9-16,8-13(19-3)20-4)17-10-5-6-11(15)12(7-10)18-2/h5-7,13,17H,8-9,16H2,1-4H3. The number of benzene rings is 1. The lowest BCUT2D eigenvalue weighted by atomic mass is 9.97. The van der Waals surface area contributed by atoms with Crippen LogP contribution in [0, 0.1) is 5.82 Å². The van der Waals surface area contributed by atoms with Crippen LogP contribution in [-0.4, -0.2) is 39.7 Å². The van der Waals surface area contributed by atoms with Gasteiger partial charge in [0.2, 0.25) is 0 Å². The molecule has 1 aromatic rings. The molecule has 3 N–H and O–H groups in total. The van der Waals surface area contributed by atoms with Crippen LogP contribution in [0.25, 0.3) is 0 Å². The summed E-state index contributed by atoms with van der Waals surface area (Å²) in [5.74, 6) is -0.219. The number of ether oxygens (including phenoxy) is 3. The molecule has 0 heterocycles. The second-order valence-corrected chi connectivity index (χ2v) is 4.84. The highest BCUT2D eigenvalue weighted by molar-refractivity contribution is 5.50. The van der Waals surface area contributed by atoms with Crippen molar-refractivity contribution in [2.24, 2.45) is 5.73 Å². The molecule has 1 rings (SSSR count). The summed E-state index contributed by atoms with van der Waals surface area (Å²) in [6.45, 7) is 2.32. The van der Waals surface area contributed by atoms with Gasteiger partial charge in [0.25, 0.3) is 0 Å². The normalized spacial score (nSPS) is 14.2. The van der Waals surface area contributed by atoms with E-state index in [4.69, 9.17) is 19.9 Å². The Hall–Kier alpha value is -1.37. The minimum atomic E-state index is -0.445. The Morgan fingerprint density at radius 2 is 1.95 bits per heavy atom. The topological polar surface area (TPSA) is 65.7 Å². The number of rotatable bonds is 8. The molecule has 20 heavy (non-hydrogen) atoms. The van der Waals surface area contributed by atoms with E-state index < -0.39 is 11.4 Å². The highest BCUT2D eigenvalue weighted by Gasteiger charge is 2.27. The second kappa shape index (κ2) is 7.42. The fourth-order valence-corrected chi connectivity index (χ4v) is 1.90. The van der Waals surface area contributed by atoms with Gasteiger partial charge in [0, 0.05) is 38.9 Å². The Kier molecular flexibility index (Phi) is 6.19. The number of hydrogen-bond donors (Lipinski definition) is 2. The van der Waals surface area contributed by atoms with E-state index in [-0.39, 0.29) is 12.0 Å². The zero-order chi connectivity index (χ0) is 15.2. The summed E-state index contributed by atoms with van der Waals surface area (Å²) >= 11 is 0. The molecule has 1 atom stereocenters. The molecule has 5 nitrogen and oxygen atoms in total. The summed E-state index contributed by atoms with van der Waals surface area (Å²) in [5.41, 5.74) is 6.11. The smallest absolute Gasteiger partial charge is 0.165 e. The van der Waals surface area contributed by atoms with Crippen molar-refractivity contribution in [3.05, 3.63) is 24.0 Å². The van der Waals surface area contributed by atoms with Gasteiger partial charge in [-0.05, 0) is 19.1 Å². The van der Waals surface area contributed by atoms with E-state index in [0.29, 0.717) is 13.0 Å². The summed E-state index contributed by atoms with van der Waals surface area (Å²) in [4.78, 5) is 0. The first-order valence-electron chi connectivity index (χ1n) is 6.35. The molecule has 0 aliphatic heterocycles.